The number of carbonyl (C=O) groups is 1. The van der Waals surface area contributed by atoms with Gasteiger partial charge in [0, 0.05) is 20.0 Å². The van der Waals surface area contributed by atoms with Crippen LogP contribution in [0, 0.1) is 12.8 Å². The highest BCUT2D eigenvalue weighted by atomic mass is 16.5. The summed E-state index contributed by atoms with van der Waals surface area (Å²) in [5.41, 5.74) is 1.44. The van der Waals surface area contributed by atoms with Crippen LogP contribution in [0.2, 0.25) is 0 Å². The summed E-state index contributed by atoms with van der Waals surface area (Å²) in [4.78, 5) is 26.8. The van der Waals surface area contributed by atoms with Gasteiger partial charge >= 0.3 is 5.63 Å². The van der Waals surface area contributed by atoms with E-state index in [4.69, 9.17) is 9.15 Å². The van der Waals surface area contributed by atoms with Crippen LogP contribution >= 0.6 is 0 Å². The van der Waals surface area contributed by atoms with Crippen molar-refractivity contribution in [3.05, 3.63) is 63.2 Å². The number of methoxy groups -OCH3 is 1. The normalized spacial score (nSPS) is 13.9. The molecule has 0 saturated heterocycles. The van der Waals surface area contributed by atoms with Crippen molar-refractivity contribution in [3.63, 3.8) is 0 Å². The van der Waals surface area contributed by atoms with Crippen LogP contribution in [0.15, 0.2) is 39.5 Å². The Kier molecular flexibility index (Phi) is 5.99. The van der Waals surface area contributed by atoms with Crippen LogP contribution in [0.5, 0.6) is 5.75 Å². The molecule has 1 aliphatic carbocycles. The molecule has 0 spiro atoms. The average Bonchev–Trinajstić information content (AvgIpc) is 2.62. The molecule has 0 N–H and O–H groups in total. The molecule has 5 nitrogen and oxygen atoms in total. The summed E-state index contributed by atoms with van der Waals surface area (Å²) in [6, 6.07) is 9.64. The third kappa shape index (κ3) is 4.59. The van der Waals surface area contributed by atoms with Crippen molar-refractivity contribution < 1.29 is 13.9 Å². The van der Waals surface area contributed by atoms with Crippen LogP contribution < -0.4 is 10.4 Å². The average molecular weight is 369 g/mol. The molecule has 3 rings (SSSR count). The zero-order valence-corrected chi connectivity index (χ0v) is 16.3. The second-order valence-electron chi connectivity index (χ2n) is 7.39. The van der Waals surface area contributed by atoms with Gasteiger partial charge in [-0.25, -0.2) is 4.79 Å². The summed E-state index contributed by atoms with van der Waals surface area (Å²) >= 11 is 0. The predicted octanol–water partition coefficient (Wildman–Crippen LogP) is 3.61. The molecule has 0 unspecified atom stereocenters. The first-order valence-corrected chi connectivity index (χ1v) is 9.50. The molecule has 0 atom stereocenters. The van der Waals surface area contributed by atoms with E-state index in [1.54, 1.807) is 26.0 Å². The monoisotopic (exact) mass is 369 g/mol. The van der Waals surface area contributed by atoms with E-state index in [1.807, 2.05) is 30.3 Å². The minimum absolute atomic E-state index is 0.157. The topological polar surface area (TPSA) is 59.8 Å². The lowest BCUT2D eigenvalue weighted by Crippen LogP contribution is -2.37. The summed E-state index contributed by atoms with van der Waals surface area (Å²) in [7, 11) is 3.40. The third-order valence-corrected chi connectivity index (χ3v) is 5.34. The summed E-state index contributed by atoms with van der Waals surface area (Å²) in [5.74, 6) is 1.74. The highest BCUT2D eigenvalue weighted by Gasteiger charge is 2.25. The van der Waals surface area contributed by atoms with Crippen LogP contribution in [0.3, 0.4) is 0 Å². The molecule has 1 aliphatic rings. The first-order valence-electron chi connectivity index (χ1n) is 9.50. The third-order valence-electron chi connectivity index (χ3n) is 5.34. The van der Waals surface area contributed by atoms with E-state index < -0.39 is 5.63 Å². The lowest BCUT2D eigenvalue weighted by atomic mass is 9.85. The highest BCUT2D eigenvalue weighted by molar-refractivity contribution is 5.94. The van der Waals surface area contributed by atoms with E-state index in [0.29, 0.717) is 30.2 Å². The van der Waals surface area contributed by atoms with Crippen LogP contribution in [0.25, 0.3) is 0 Å². The maximum absolute atomic E-state index is 12.7. The Morgan fingerprint density at radius 1 is 1.22 bits per heavy atom. The second kappa shape index (κ2) is 8.42. The molecule has 1 heterocycles. The molecule has 0 aliphatic heterocycles. The van der Waals surface area contributed by atoms with Gasteiger partial charge in [0.2, 0.25) is 0 Å². The smallest absolute Gasteiger partial charge is 0.349 e. The van der Waals surface area contributed by atoms with Gasteiger partial charge in [0.05, 0.1) is 7.11 Å². The van der Waals surface area contributed by atoms with Gasteiger partial charge in [-0.15, -0.1) is 0 Å². The van der Waals surface area contributed by atoms with Crippen molar-refractivity contribution in [1.82, 2.24) is 4.90 Å². The second-order valence-corrected chi connectivity index (χ2v) is 7.39. The maximum atomic E-state index is 12.7. The van der Waals surface area contributed by atoms with Crippen molar-refractivity contribution in [2.45, 2.75) is 39.0 Å². The number of aryl methyl sites for hydroxylation is 3. The number of nitrogens with zero attached hydrogens (tertiary/aromatic N) is 1. The first kappa shape index (κ1) is 19.2. The van der Waals surface area contributed by atoms with Gasteiger partial charge in [0.15, 0.2) is 0 Å². The number of amides is 1. The molecule has 1 saturated carbocycles. The molecule has 144 valence electrons. The van der Waals surface area contributed by atoms with Crippen LogP contribution in [-0.2, 0) is 12.8 Å². The number of rotatable bonds is 7. The lowest BCUT2D eigenvalue weighted by Gasteiger charge is -2.30. The molecule has 5 heteroatoms. The molecule has 0 bridgehead atoms. The Hall–Kier alpha value is -2.56. The summed E-state index contributed by atoms with van der Waals surface area (Å²) in [6.07, 6.45) is 4.91. The summed E-state index contributed by atoms with van der Waals surface area (Å²) in [5, 5.41) is 0. The van der Waals surface area contributed by atoms with Gasteiger partial charge in [0.25, 0.3) is 5.91 Å². The van der Waals surface area contributed by atoms with Crippen LogP contribution in [-0.4, -0.2) is 31.5 Å². The van der Waals surface area contributed by atoms with E-state index in [1.165, 1.54) is 6.42 Å². The Bertz CT molecular complexity index is 850. The Labute approximate surface area is 159 Å². The van der Waals surface area contributed by atoms with E-state index >= 15 is 0 Å². The molecule has 2 aromatic rings. The van der Waals surface area contributed by atoms with Gasteiger partial charge in [-0.1, -0.05) is 18.6 Å². The maximum Gasteiger partial charge on any atom is 0.349 e. The van der Waals surface area contributed by atoms with E-state index in [9.17, 15) is 9.59 Å². The molecule has 1 aromatic carbocycles. The van der Waals surface area contributed by atoms with Crippen LogP contribution in [0.4, 0.5) is 0 Å². The predicted molar refractivity (Wildman–Crippen MR) is 104 cm³/mol. The molecule has 1 fully saturated rings. The Balaban J connectivity index is 1.68. The van der Waals surface area contributed by atoms with E-state index in [-0.39, 0.29) is 11.5 Å². The lowest BCUT2D eigenvalue weighted by molar-refractivity contribution is 0.0739. The van der Waals surface area contributed by atoms with Crippen molar-refractivity contribution in [3.8, 4) is 5.75 Å². The van der Waals surface area contributed by atoms with Gasteiger partial charge in [-0.05, 0) is 61.4 Å². The fourth-order valence-electron chi connectivity index (χ4n) is 3.45. The van der Waals surface area contributed by atoms with E-state index in [2.05, 4.69) is 0 Å². The molecule has 1 amide bonds. The van der Waals surface area contributed by atoms with Crippen LogP contribution in [0.1, 0.15) is 46.5 Å². The van der Waals surface area contributed by atoms with E-state index in [0.717, 1.165) is 30.6 Å². The minimum atomic E-state index is -0.537. The van der Waals surface area contributed by atoms with Gasteiger partial charge < -0.3 is 14.1 Å². The quantitative estimate of drug-likeness (QED) is 0.748. The Morgan fingerprint density at radius 3 is 2.48 bits per heavy atom. The van der Waals surface area contributed by atoms with Gasteiger partial charge in [0.1, 0.15) is 17.1 Å². The molecule has 0 radical (unpaired) electrons. The minimum Gasteiger partial charge on any atom is -0.497 e. The standard InChI is InChI=1S/C22H27NO4/c1-15-13-19(12-9-16-7-10-18(26-3)11-8-16)27-22(25)20(15)21(24)23(2)14-17-5-4-6-17/h7-8,10-11,13,17H,4-6,9,12,14H2,1-3H3. The fourth-order valence-corrected chi connectivity index (χ4v) is 3.45. The fraction of sp³-hybridized carbons (Fsp3) is 0.455. The molecule has 1 aromatic heterocycles. The van der Waals surface area contributed by atoms with Crippen molar-refractivity contribution >= 4 is 5.91 Å². The number of carbonyl (C=O) groups excluding carboxylic acids is 1. The first-order chi connectivity index (χ1) is 13.0. The molecular weight excluding hydrogens is 342 g/mol. The van der Waals surface area contributed by atoms with Crippen molar-refractivity contribution in [1.29, 1.82) is 0 Å². The molecular formula is C22H27NO4. The summed E-state index contributed by atoms with van der Waals surface area (Å²) < 4.78 is 10.6. The zero-order chi connectivity index (χ0) is 19.4. The number of hydrogen-bond acceptors (Lipinski definition) is 4. The van der Waals surface area contributed by atoms with Gasteiger partial charge in [-0.3, -0.25) is 4.79 Å². The number of ether oxygens (including phenoxy) is 1. The van der Waals surface area contributed by atoms with Crippen molar-refractivity contribution in [2.75, 3.05) is 20.7 Å². The SMILES string of the molecule is COc1ccc(CCc2cc(C)c(C(=O)N(C)CC3CCC3)c(=O)o2)cc1. The Morgan fingerprint density at radius 2 is 1.93 bits per heavy atom. The van der Waals surface area contributed by atoms with Gasteiger partial charge in [-0.2, -0.15) is 0 Å². The number of benzene rings is 1. The number of hydrogen-bond donors (Lipinski definition) is 0. The summed E-state index contributed by atoms with van der Waals surface area (Å²) in [6.45, 7) is 2.51. The highest BCUT2D eigenvalue weighted by Crippen LogP contribution is 2.27. The molecule has 27 heavy (non-hydrogen) atoms. The van der Waals surface area contributed by atoms with Crippen molar-refractivity contribution in [2.24, 2.45) is 5.92 Å². The zero-order valence-electron chi connectivity index (χ0n) is 16.3. The largest absolute Gasteiger partial charge is 0.497 e.